The van der Waals surface area contributed by atoms with Gasteiger partial charge in [-0.2, -0.15) is 4.98 Å². The van der Waals surface area contributed by atoms with Crippen LogP contribution in [0.1, 0.15) is 11.4 Å². The number of methoxy groups -OCH3 is 1. The zero-order valence-corrected chi connectivity index (χ0v) is 9.11. The van der Waals surface area contributed by atoms with Crippen LogP contribution in [0.5, 0.6) is 6.01 Å². The average Bonchev–Trinajstić information content (AvgIpc) is 2.03. The molecule has 0 saturated heterocycles. The molecule has 1 aromatic heterocycles. The Bertz CT molecular complexity index is 235. The van der Waals surface area contributed by atoms with Gasteiger partial charge in [-0.25, -0.2) is 4.98 Å². The highest BCUT2D eigenvalue weighted by atomic mass is 35.5. The van der Waals surface area contributed by atoms with Crippen LogP contribution >= 0.6 is 24.8 Å². The molecule has 0 aliphatic carbocycles. The number of rotatable bonds is 2. The van der Waals surface area contributed by atoms with E-state index in [0.29, 0.717) is 12.6 Å². The zero-order chi connectivity index (χ0) is 8.27. The molecular formula is C7H13Cl2N3O. The molecule has 0 saturated carbocycles. The molecule has 0 aliphatic rings. The standard InChI is InChI=1S/C7H11N3O.2ClH/c1-5-3-6(4-8)10-7(9-5)11-2;;/h3H,4,8H2,1-2H3;2*1H. The van der Waals surface area contributed by atoms with E-state index in [4.69, 9.17) is 10.5 Å². The summed E-state index contributed by atoms with van der Waals surface area (Å²) in [7, 11) is 1.54. The van der Waals surface area contributed by atoms with Crippen molar-refractivity contribution in [1.82, 2.24) is 9.97 Å². The van der Waals surface area contributed by atoms with Gasteiger partial charge < -0.3 is 10.5 Å². The van der Waals surface area contributed by atoms with E-state index >= 15 is 0 Å². The average molecular weight is 226 g/mol. The molecule has 0 amide bonds. The highest BCUT2D eigenvalue weighted by Crippen LogP contribution is 2.04. The maximum absolute atomic E-state index is 5.40. The first-order chi connectivity index (χ1) is 5.26. The van der Waals surface area contributed by atoms with Gasteiger partial charge in [0.1, 0.15) is 0 Å². The van der Waals surface area contributed by atoms with Crippen LogP contribution in [-0.4, -0.2) is 17.1 Å². The van der Waals surface area contributed by atoms with Gasteiger partial charge in [0.05, 0.1) is 12.8 Å². The molecule has 0 bridgehead atoms. The van der Waals surface area contributed by atoms with Crippen molar-refractivity contribution >= 4 is 24.8 Å². The molecule has 0 spiro atoms. The normalized spacial score (nSPS) is 8.23. The molecule has 0 atom stereocenters. The Morgan fingerprint density at radius 3 is 2.46 bits per heavy atom. The lowest BCUT2D eigenvalue weighted by Gasteiger charge is -2.01. The minimum absolute atomic E-state index is 0. The van der Waals surface area contributed by atoms with E-state index in [2.05, 4.69) is 9.97 Å². The van der Waals surface area contributed by atoms with Crippen molar-refractivity contribution in [3.05, 3.63) is 17.5 Å². The summed E-state index contributed by atoms with van der Waals surface area (Å²) >= 11 is 0. The van der Waals surface area contributed by atoms with Crippen molar-refractivity contribution in [1.29, 1.82) is 0 Å². The Balaban J connectivity index is 0. The van der Waals surface area contributed by atoms with Gasteiger partial charge in [0.2, 0.25) is 0 Å². The Morgan fingerprint density at radius 1 is 1.38 bits per heavy atom. The quantitative estimate of drug-likeness (QED) is 0.820. The summed E-state index contributed by atoms with van der Waals surface area (Å²) in [5.74, 6) is 0. The van der Waals surface area contributed by atoms with Crippen molar-refractivity contribution < 1.29 is 4.74 Å². The van der Waals surface area contributed by atoms with Crippen LogP contribution in [0.25, 0.3) is 0 Å². The highest BCUT2D eigenvalue weighted by Gasteiger charge is 1.98. The third kappa shape index (κ3) is 4.26. The molecule has 6 heteroatoms. The molecule has 76 valence electrons. The molecule has 2 N–H and O–H groups in total. The topological polar surface area (TPSA) is 61.0 Å². The third-order valence-corrected chi connectivity index (χ3v) is 1.28. The van der Waals surface area contributed by atoms with E-state index < -0.39 is 0 Å². The van der Waals surface area contributed by atoms with Crippen molar-refractivity contribution in [3.8, 4) is 6.01 Å². The largest absolute Gasteiger partial charge is 0.467 e. The summed E-state index contributed by atoms with van der Waals surface area (Å²) in [5.41, 5.74) is 7.07. The number of aromatic nitrogens is 2. The lowest BCUT2D eigenvalue weighted by atomic mass is 10.3. The Hall–Kier alpha value is -0.580. The first-order valence-corrected chi connectivity index (χ1v) is 3.35. The number of nitrogens with zero attached hydrogens (tertiary/aromatic N) is 2. The minimum atomic E-state index is 0. The number of hydrogen-bond acceptors (Lipinski definition) is 4. The monoisotopic (exact) mass is 225 g/mol. The molecule has 0 fully saturated rings. The predicted octanol–water partition coefficient (Wildman–Crippen LogP) is 1.10. The van der Waals surface area contributed by atoms with Gasteiger partial charge in [0, 0.05) is 12.2 Å². The number of nitrogens with two attached hydrogens (primary N) is 1. The van der Waals surface area contributed by atoms with Gasteiger partial charge in [-0.15, -0.1) is 24.8 Å². The fourth-order valence-corrected chi connectivity index (χ4v) is 0.800. The van der Waals surface area contributed by atoms with Crippen LogP contribution in [0.3, 0.4) is 0 Å². The molecule has 1 aromatic rings. The van der Waals surface area contributed by atoms with Gasteiger partial charge in [0.25, 0.3) is 0 Å². The second kappa shape index (κ2) is 6.88. The van der Waals surface area contributed by atoms with Crippen LogP contribution in [0.15, 0.2) is 6.07 Å². The second-order valence-corrected chi connectivity index (χ2v) is 2.19. The Labute approximate surface area is 89.7 Å². The molecule has 1 rings (SSSR count). The lowest BCUT2D eigenvalue weighted by Crippen LogP contribution is -2.03. The maximum atomic E-state index is 5.40. The Kier molecular flexibility index (Phi) is 7.90. The van der Waals surface area contributed by atoms with Crippen molar-refractivity contribution in [2.75, 3.05) is 7.11 Å². The van der Waals surface area contributed by atoms with E-state index in [0.717, 1.165) is 11.4 Å². The molecule has 1 heterocycles. The number of ether oxygens (including phenoxy) is 1. The highest BCUT2D eigenvalue weighted by molar-refractivity contribution is 5.85. The minimum Gasteiger partial charge on any atom is -0.467 e. The molecule has 4 nitrogen and oxygen atoms in total. The van der Waals surface area contributed by atoms with Gasteiger partial charge in [0.15, 0.2) is 0 Å². The fourth-order valence-electron chi connectivity index (χ4n) is 0.800. The van der Waals surface area contributed by atoms with E-state index in [1.807, 2.05) is 13.0 Å². The second-order valence-electron chi connectivity index (χ2n) is 2.19. The van der Waals surface area contributed by atoms with E-state index in [1.165, 1.54) is 7.11 Å². The van der Waals surface area contributed by atoms with Gasteiger partial charge in [-0.1, -0.05) is 0 Å². The van der Waals surface area contributed by atoms with E-state index in [-0.39, 0.29) is 24.8 Å². The lowest BCUT2D eigenvalue weighted by molar-refractivity contribution is 0.377. The first kappa shape index (κ1) is 14.9. The van der Waals surface area contributed by atoms with Crippen LogP contribution in [0.4, 0.5) is 0 Å². The van der Waals surface area contributed by atoms with E-state index in [1.54, 1.807) is 0 Å². The molecule has 13 heavy (non-hydrogen) atoms. The van der Waals surface area contributed by atoms with Crippen LogP contribution in [0.2, 0.25) is 0 Å². The number of hydrogen-bond donors (Lipinski definition) is 1. The molecular weight excluding hydrogens is 213 g/mol. The summed E-state index contributed by atoms with van der Waals surface area (Å²) in [6, 6.07) is 2.22. The number of halogens is 2. The number of aryl methyl sites for hydroxylation is 1. The molecule has 0 unspecified atom stereocenters. The molecule has 0 aliphatic heterocycles. The summed E-state index contributed by atoms with van der Waals surface area (Å²) < 4.78 is 4.86. The molecule has 0 radical (unpaired) electrons. The van der Waals surface area contributed by atoms with E-state index in [9.17, 15) is 0 Å². The first-order valence-electron chi connectivity index (χ1n) is 3.35. The summed E-state index contributed by atoms with van der Waals surface area (Å²) in [5, 5.41) is 0. The zero-order valence-electron chi connectivity index (χ0n) is 7.48. The maximum Gasteiger partial charge on any atom is 0.316 e. The summed E-state index contributed by atoms with van der Waals surface area (Å²) in [6.45, 7) is 2.29. The van der Waals surface area contributed by atoms with Crippen molar-refractivity contribution in [2.45, 2.75) is 13.5 Å². The van der Waals surface area contributed by atoms with Crippen molar-refractivity contribution in [3.63, 3.8) is 0 Å². The summed E-state index contributed by atoms with van der Waals surface area (Å²) in [6.07, 6.45) is 0. The third-order valence-electron chi connectivity index (χ3n) is 1.28. The predicted molar refractivity (Wildman–Crippen MR) is 55.7 cm³/mol. The Morgan fingerprint density at radius 2 is 2.00 bits per heavy atom. The van der Waals surface area contributed by atoms with Gasteiger partial charge >= 0.3 is 6.01 Å². The van der Waals surface area contributed by atoms with Crippen LogP contribution in [-0.2, 0) is 6.54 Å². The smallest absolute Gasteiger partial charge is 0.316 e. The van der Waals surface area contributed by atoms with Gasteiger partial charge in [-0.05, 0) is 13.0 Å². The SMILES string of the molecule is COc1nc(C)cc(CN)n1.Cl.Cl. The van der Waals surface area contributed by atoms with Gasteiger partial charge in [-0.3, -0.25) is 0 Å². The molecule has 0 aromatic carbocycles. The summed E-state index contributed by atoms with van der Waals surface area (Å²) in [4.78, 5) is 8.02. The van der Waals surface area contributed by atoms with Crippen molar-refractivity contribution in [2.24, 2.45) is 5.73 Å². The fraction of sp³-hybridized carbons (Fsp3) is 0.429. The van der Waals surface area contributed by atoms with Crippen LogP contribution < -0.4 is 10.5 Å². The van der Waals surface area contributed by atoms with Crippen LogP contribution in [0, 0.1) is 6.92 Å².